The molecule has 2 fully saturated rings. The summed E-state index contributed by atoms with van der Waals surface area (Å²) in [5.74, 6) is -1.77. The monoisotopic (exact) mass is 450 g/mol. The van der Waals surface area contributed by atoms with Crippen molar-refractivity contribution in [2.24, 2.45) is 17.8 Å². The summed E-state index contributed by atoms with van der Waals surface area (Å²) in [6.07, 6.45) is 0.690. The van der Waals surface area contributed by atoms with Crippen LogP contribution in [0.4, 0.5) is 4.79 Å². The minimum absolute atomic E-state index is 0.00611. The van der Waals surface area contributed by atoms with E-state index >= 15 is 0 Å². The van der Waals surface area contributed by atoms with E-state index < -0.39 is 18.2 Å². The highest BCUT2D eigenvalue weighted by Crippen LogP contribution is 2.44. The van der Waals surface area contributed by atoms with Gasteiger partial charge in [-0.3, -0.25) is 9.63 Å². The topological polar surface area (TPSA) is 114 Å². The number of carbonyl (C=O) groups excluding carboxylic acids is 2. The molecule has 5 rings (SSSR count). The van der Waals surface area contributed by atoms with Gasteiger partial charge in [0.1, 0.15) is 6.61 Å². The number of ether oxygens (including phenoxy) is 1. The Balaban J connectivity index is 1.07. The summed E-state index contributed by atoms with van der Waals surface area (Å²) >= 11 is 0. The molecule has 0 heterocycles. The second-order valence-corrected chi connectivity index (χ2v) is 8.99. The summed E-state index contributed by atoms with van der Waals surface area (Å²) in [5.41, 5.74) is 6.92. The zero-order chi connectivity index (χ0) is 22.9. The standard InChI is InChI=1S/C25H26N2O6/c28-23(27-33-22(24(29)30)14-9-10-14)20-11-15(20)12-26-25(31)32-13-21-18-7-3-1-5-16(18)17-6-2-4-8-19(17)21/h1-8,14-15,20-22H,9-13H2,(H,26,31)(H,27,28)(H,29,30). The van der Waals surface area contributed by atoms with Crippen molar-refractivity contribution in [2.75, 3.05) is 13.2 Å². The van der Waals surface area contributed by atoms with Crippen LogP contribution in [0.25, 0.3) is 11.1 Å². The Hall–Kier alpha value is -3.39. The van der Waals surface area contributed by atoms with Crippen molar-refractivity contribution in [1.29, 1.82) is 0 Å². The van der Waals surface area contributed by atoms with Crippen LogP contribution in [0.1, 0.15) is 36.3 Å². The summed E-state index contributed by atoms with van der Waals surface area (Å²) in [6.45, 7) is 0.555. The molecule has 3 aliphatic carbocycles. The molecule has 3 unspecified atom stereocenters. The first-order chi connectivity index (χ1) is 16.0. The lowest BCUT2D eigenvalue weighted by Gasteiger charge is -2.14. The molecular formula is C25H26N2O6. The maximum atomic E-state index is 12.3. The first-order valence-electron chi connectivity index (χ1n) is 11.3. The van der Waals surface area contributed by atoms with E-state index in [2.05, 4.69) is 35.1 Å². The molecule has 2 saturated carbocycles. The van der Waals surface area contributed by atoms with Crippen LogP contribution in [-0.2, 0) is 19.2 Å². The molecule has 2 aromatic rings. The van der Waals surface area contributed by atoms with E-state index in [1.165, 1.54) is 11.1 Å². The molecule has 0 saturated heterocycles. The minimum atomic E-state index is -1.07. The highest BCUT2D eigenvalue weighted by Gasteiger charge is 2.44. The molecule has 2 aromatic carbocycles. The number of benzene rings is 2. The molecular weight excluding hydrogens is 424 g/mol. The molecule has 0 aromatic heterocycles. The van der Waals surface area contributed by atoms with Gasteiger partial charge in [-0.25, -0.2) is 15.1 Å². The SMILES string of the molecule is O=C(NCC1CC1C(=O)NOC(C(=O)O)C1CC1)OCC1c2ccccc2-c2ccccc21. The van der Waals surface area contributed by atoms with Crippen molar-refractivity contribution in [3.8, 4) is 11.1 Å². The van der Waals surface area contributed by atoms with Crippen LogP contribution < -0.4 is 10.8 Å². The van der Waals surface area contributed by atoms with Crippen LogP contribution in [-0.4, -0.2) is 42.3 Å². The lowest BCUT2D eigenvalue weighted by Crippen LogP contribution is -2.37. The predicted molar refractivity (Wildman–Crippen MR) is 118 cm³/mol. The van der Waals surface area contributed by atoms with Gasteiger partial charge < -0.3 is 15.2 Å². The third kappa shape index (κ3) is 4.57. The minimum Gasteiger partial charge on any atom is -0.479 e. The van der Waals surface area contributed by atoms with Gasteiger partial charge in [-0.2, -0.15) is 0 Å². The normalized spacial score (nSPS) is 21.5. The summed E-state index contributed by atoms with van der Waals surface area (Å²) in [5, 5.41) is 11.9. The third-order valence-corrected chi connectivity index (χ3v) is 6.69. The Labute approximate surface area is 191 Å². The molecule has 3 atom stereocenters. The number of hydrogen-bond acceptors (Lipinski definition) is 5. The molecule has 8 nitrogen and oxygen atoms in total. The number of nitrogens with one attached hydrogen (secondary N) is 2. The van der Waals surface area contributed by atoms with Crippen LogP contribution in [0, 0.1) is 17.8 Å². The van der Waals surface area contributed by atoms with Crippen molar-refractivity contribution in [3.05, 3.63) is 59.7 Å². The van der Waals surface area contributed by atoms with Gasteiger partial charge in [0.05, 0.1) is 0 Å². The Morgan fingerprint density at radius 1 is 1.00 bits per heavy atom. The highest BCUT2D eigenvalue weighted by atomic mass is 16.7. The van der Waals surface area contributed by atoms with Crippen LogP contribution in [0.2, 0.25) is 0 Å². The quantitative estimate of drug-likeness (QED) is 0.506. The molecule has 0 radical (unpaired) electrons. The van der Waals surface area contributed by atoms with E-state index in [1.54, 1.807) is 0 Å². The molecule has 3 N–H and O–H groups in total. The van der Waals surface area contributed by atoms with Gasteiger partial charge >= 0.3 is 12.1 Å². The number of hydrogen-bond donors (Lipinski definition) is 3. The Morgan fingerprint density at radius 3 is 2.24 bits per heavy atom. The van der Waals surface area contributed by atoms with Crippen molar-refractivity contribution >= 4 is 18.0 Å². The molecule has 3 aliphatic rings. The summed E-state index contributed by atoms with van der Waals surface area (Å²) < 4.78 is 5.51. The van der Waals surface area contributed by atoms with Crippen molar-refractivity contribution < 1.29 is 29.1 Å². The summed E-state index contributed by atoms with van der Waals surface area (Å²) in [4.78, 5) is 40.8. The molecule has 2 amide bonds. The van der Waals surface area contributed by atoms with Crippen molar-refractivity contribution in [2.45, 2.75) is 31.3 Å². The van der Waals surface area contributed by atoms with Gasteiger partial charge in [-0.1, -0.05) is 48.5 Å². The zero-order valence-electron chi connectivity index (χ0n) is 18.0. The number of amides is 2. The predicted octanol–water partition coefficient (Wildman–Crippen LogP) is 3.07. The van der Waals surface area contributed by atoms with E-state index in [0.29, 0.717) is 13.0 Å². The second-order valence-electron chi connectivity index (χ2n) is 8.99. The number of fused-ring (bicyclic) bond motifs is 3. The third-order valence-electron chi connectivity index (χ3n) is 6.69. The molecule has 8 heteroatoms. The average Bonchev–Trinajstić information content (AvgIpc) is 3.74. The number of carboxylic acids is 1. The summed E-state index contributed by atoms with van der Waals surface area (Å²) in [6, 6.07) is 16.3. The van der Waals surface area contributed by atoms with Gasteiger partial charge in [0, 0.05) is 18.4 Å². The number of alkyl carbamates (subject to hydrolysis) is 1. The number of carboxylic acid groups (broad SMARTS) is 1. The van der Waals surface area contributed by atoms with Crippen molar-refractivity contribution in [3.63, 3.8) is 0 Å². The lowest BCUT2D eigenvalue weighted by molar-refractivity contribution is -0.163. The first-order valence-corrected chi connectivity index (χ1v) is 11.3. The van der Waals surface area contributed by atoms with Gasteiger partial charge in [0.2, 0.25) is 5.91 Å². The van der Waals surface area contributed by atoms with Crippen LogP contribution in [0.5, 0.6) is 0 Å². The average molecular weight is 450 g/mol. The van der Waals surface area contributed by atoms with E-state index in [9.17, 15) is 14.4 Å². The Morgan fingerprint density at radius 2 is 1.64 bits per heavy atom. The van der Waals surface area contributed by atoms with E-state index in [0.717, 1.165) is 24.0 Å². The highest BCUT2D eigenvalue weighted by molar-refractivity contribution is 5.81. The van der Waals surface area contributed by atoms with Crippen LogP contribution >= 0.6 is 0 Å². The fourth-order valence-corrected chi connectivity index (χ4v) is 4.60. The van der Waals surface area contributed by atoms with E-state index in [1.807, 2.05) is 24.3 Å². The number of aliphatic carboxylic acids is 1. The largest absolute Gasteiger partial charge is 0.479 e. The fourth-order valence-electron chi connectivity index (χ4n) is 4.60. The molecule has 33 heavy (non-hydrogen) atoms. The maximum Gasteiger partial charge on any atom is 0.407 e. The number of hydroxylamine groups is 1. The van der Waals surface area contributed by atoms with Gasteiger partial charge in [0.15, 0.2) is 6.10 Å². The lowest BCUT2D eigenvalue weighted by atomic mass is 9.98. The number of carbonyl (C=O) groups is 3. The molecule has 0 bridgehead atoms. The van der Waals surface area contributed by atoms with E-state index in [4.69, 9.17) is 14.7 Å². The van der Waals surface area contributed by atoms with Gasteiger partial charge in [-0.05, 0) is 53.4 Å². The fraction of sp³-hybridized carbons (Fsp3) is 0.400. The van der Waals surface area contributed by atoms with Crippen LogP contribution in [0.15, 0.2) is 48.5 Å². The second kappa shape index (κ2) is 8.86. The maximum absolute atomic E-state index is 12.3. The first kappa shape index (κ1) is 21.5. The van der Waals surface area contributed by atoms with Crippen LogP contribution in [0.3, 0.4) is 0 Å². The molecule has 172 valence electrons. The Bertz CT molecular complexity index is 1040. The van der Waals surface area contributed by atoms with Gasteiger partial charge in [-0.15, -0.1) is 0 Å². The van der Waals surface area contributed by atoms with E-state index in [-0.39, 0.29) is 36.2 Å². The van der Waals surface area contributed by atoms with Crippen molar-refractivity contribution in [1.82, 2.24) is 10.8 Å². The smallest absolute Gasteiger partial charge is 0.407 e. The Kier molecular flexibility index (Phi) is 5.76. The number of rotatable bonds is 9. The zero-order valence-corrected chi connectivity index (χ0v) is 18.0. The molecule has 0 aliphatic heterocycles. The summed E-state index contributed by atoms with van der Waals surface area (Å²) in [7, 11) is 0. The van der Waals surface area contributed by atoms with Gasteiger partial charge in [0.25, 0.3) is 0 Å². The molecule has 0 spiro atoms.